The van der Waals surface area contributed by atoms with Crippen molar-refractivity contribution in [3.05, 3.63) is 40.5 Å². The van der Waals surface area contributed by atoms with E-state index in [0.29, 0.717) is 18.1 Å². The fraction of sp³-hybridized carbons (Fsp3) is 0.350. The summed E-state index contributed by atoms with van der Waals surface area (Å²) in [4.78, 5) is 21.5. The lowest BCUT2D eigenvalue weighted by Crippen LogP contribution is -2.29. The number of benzene rings is 1. The molecule has 0 saturated carbocycles. The van der Waals surface area contributed by atoms with Gasteiger partial charge in [-0.2, -0.15) is 0 Å². The first kappa shape index (κ1) is 18.3. The van der Waals surface area contributed by atoms with Crippen molar-refractivity contribution in [2.75, 3.05) is 5.32 Å². The van der Waals surface area contributed by atoms with Crippen LogP contribution in [-0.2, 0) is 4.79 Å². The van der Waals surface area contributed by atoms with Gasteiger partial charge in [-0.3, -0.25) is 0 Å². The molecule has 0 aliphatic rings. The second-order valence-corrected chi connectivity index (χ2v) is 7.43. The topological polar surface area (TPSA) is 75.1 Å². The molecule has 2 aromatic heterocycles. The zero-order valence-electron chi connectivity index (χ0n) is 15.5. The number of thiophene rings is 1. The van der Waals surface area contributed by atoms with Crippen molar-refractivity contribution in [1.29, 1.82) is 0 Å². The zero-order chi connectivity index (χ0) is 18.8. The molecule has 5 nitrogen and oxygen atoms in total. The molecule has 0 fully saturated rings. The molecule has 0 amide bonds. The summed E-state index contributed by atoms with van der Waals surface area (Å²) >= 11 is 1.56. The van der Waals surface area contributed by atoms with Crippen molar-refractivity contribution in [3.63, 3.8) is 0 Å². The Hall–Kier alpha value is -2.47. The molecule has 0 radical (unpaired) electrons. The number of aryl methyl sites for hydroxylation is 3. The normalized spacial score (nSPS) is 12.3. The summed E-state index contributed by atoms with van der Waals surface area (Å²) in [5.74, 6) is 0.371. The van der Waals surface area contributed by atoms with Crippen LogP contribution in [0.1, 0.15) is 36.7 Å². The molecule has 0 saturated heterocycles. The Morgan fingerprint density at radius 3 is 2.65 bits per heavy atom. The van der Waals surface area contributed by atoms with Gasteiger partial charge >= 0.3 is 5.97 Å². The van der Waals surface area contributed by atoms with Gasteiger partial charge in [0.2, 0.25) is 0 Å². The van der Waals surface area contributed by atoms with Crippen LogP contribution in [-0.4, -0.2) is 27.1 Å². The van der Waals surface area contributed by atoms with Crippen LogP contribution in [0, 0.1) is 20.8 Å². The van der Waals surface area contributed by atoms with Gasteiger partial charge in [-0.25, -0.2) is 14.8 Å². The number of aliphatic carboxylic acids is 1. The Morgan fingerprint density at radius 1 is 1.23 bits per heavy atom. The quantitative estimate of drug-likeness (QED) is 0.643. The molecule has 6 heteroatoms. The van der Waals surface area contributed by atoms with Gasteiger partial charge in [0.05, 0.1) is 5.39 Å². The van der Waals surface area contributed by atoms with Crippen LogP contribution >= 0.6 is 11.3 Å². The molecule has 26 heavy (non-hydrogen) atoms. The number of rotatable bonds is 6. The number of carboxylic acid groups (broad SMARTS) is 1. The Labute approximate surface area is 157 Å². The van der Waals surface area contributed by atoms with Gasteiger partial charge in [-0.05, 0) is 43.9 Å². The van der Waals surface area contributed by atoms with E-state index in [1.807, 2.05) is 13.8 Å². The molecular weight excluding hydrogens is 346 g/mol. The summed E-state index contributed by atoms with van der Waals surface area (Å²) in [5, 5.41) is 15.6. The number of hydrogen-bond donors (Lipinski definition) is 2. The van der Waals surface area contributed by atoms with E-state index in [9.17, 15) is 9.90 Å². The van der Waals surface area contributed by atoms with Crippen molar-refractivity contribution in [2.24, 2.45) is 0 Å². The minimum Gasteiger partial charge on any atom is -0.480 e. The molecule has 1 aromatic carbocycles. The lowest BCUT2D eigenvalue weighted by molar-refractivity contribution is -0.138. The number of nitrogens with zero attached hydrogens (tertiary/aromatic N) is 2. The third kappa shape index (κ3) is 3.55. The monoisotopic (exact) mass is 369 g/mol. The number of hydrogen-bond acceptors (Lipinski definition) is 5. The molecule has 2 N–H and O–H groups in total. The summed E-state index contributed by atoms with van der Waals surface area (Å²) in [7, 11) is 0. The van der Waals surface area contributed by atoms with Crippen LogP contribution in [0.4, 0.5) is 5.82 Å². The Morgan fingerprint density at radius 2 is 2.00 bits per heavy atom. The molecule has 0 spiro atoms. The summed E-state index contributed by atoms with van der Waals surface area (Å²) in [6, 6.07) is 5.69. The van der Waals surface area contributed by atoms with Crippen LogP contribution in [0.3, 0.4) is 0 Å². The third-order valence-electron chi connectivity index (χ3n) is 4.55. The van der Waals surface area contributed by atoms with Crippen molar-refractivity contribution in [1.82, 2.24) is 9.97 Å². The van der Waals surface area contributed by atoms with E-state index in [1.165, 1.54) is 11.1 Å². The smallest absolute Gasteiger partial charge is 0.326 e. The van der Waals surface area contributed by atoms with Gasteiger partial charge in [-0.1, -0.05) is 31.5 Å². The maximum absolute atomic E-state index is 11.6. The van der Waals surface area contributed by atoms with Gasteiger partial charge in [0, 0.05) is 10.9 Å². The second kappa shape index (κ2) is 7.41. The number of aromatic nitrogens is 2. The number of carbonyl (C=O) groups is 1. The molecular formula is C20H23N3O2S. The van der Waals surface area contributed by atoms with E-state index >= 15 is 0 Å². The first-order valence-electron chi connectivity index (χ1n) is 8.73. The number of carboxylic acids is 1. The molecule has 1 unspecified atom stereocenters. The summed E-state index contributed by atoms with van der Waals surface area (Å²) in [6.45, 7) is 7.99. The van der Waals surface area contributed by atoms with E-state index in [1.54, 1.807) is 11.3 Å². The van der Waals surface area contributed by atoms with Crippen molar-refractivity contribution < 1.29 is 9.90 Å². The zero-order valence-corrected chi connectivity index (χ0v) is 16.3. The van der Waals surface area contributed by atoms with E-state index in [-0.39, 0.29) is 0 Å². The van der Waals surface area contributed by atoms with Crippen LogP contribution in [0.2, 0.25) is 0 Å². The van der Waals surface area contributed by atoms with E-state index in [2.05, 4.69) is 52.7 Å². The first-order chi connectivity index (χ1) is 12.4. The average molecular weight is 369 g/mol. The van der Waals surface area contributed by atoms with Crippen LogP contribution < -0.4 is 5.32 Å². The highest BCUT2D eigenvalue weighted by molar-refractivity contribution is 7.17. The average Bonchev–Trinajstić information content (AvgIpc) is 3.00. The lowest BCUT2D eigenvalue weighted by Gasteiger charge is -2.16. The Bertz CT molecular complexity index is 965. The van der Waals surface area contributed by atoms with Crippen molar-refractivity contribution in [2.45, 2.75) is 46.6 Å². The minimum absolute atomic E-state index is 0.545. The molecule has 3 aromatic rings. The SMILES string of the molecule is CCCC(Nc1nc(C)nc2scc(-c3ccc(C)c(C)c3)c12)C(=O)O. The Balaban J connectivity index is 2.14. The lowest BCUT2D eigenvalue weighted by atomic mass is 10.0. The van der Waals surface area contributed by atoms with Crippen molar-refractivity contribution in [3.8, 4) is 11.1 Å². The maximum Gasteiger partial charge on any atom is 0.326 e. The van der Waals surface area contributed by atoms with Gasteiger partial charge in [0.15, 0.2) is 0 Å². The fourth-order valence-electron chi connectivity index (χ4n) is 2.99. The molecule has 0 aliphatic carbocycles. The fourth-order valence-corrected chi connectivity index (χ4v) is 3.98. The minimum atomic E-state index is -0.862. The highest BCUT2D eigenvalue weighted by Crippen LogP contribution is 2.37. The first-order valence-corrected chi connectivity index (χ1v) is 9.61. The maximum atomic E-state index is 11.6. The molecule has 0 aliphatic heterocycles. The molecule has 136 valence electrons. The molecule has 1 atom stereocenters. The van der Waals surface area contributed by atoms with Gasteiger partial charge in [0.1, 0.15) is 22.5 Å². The summed E-state index contributed by atoms with van der Waals surface area (Å²) in [5.41, 5.74) is 4.60. The van der Waals surface area contributed by atoms with E-state index in [0.717, 1.165) is 27.8 Å². The van der Waals surface area contributed by atoms with Crippen molar-refractivity contribution >= 4 is 33.3 Å². The highest BCUT2D eigenvalue weighted by atomic mass is 32.1. The largest absolute Gasteiger partial charge is 0.480 e. The second-order valence-electron chi connectivity index (χ2n) is 6.57. The summed E-state index contributed by atoms with van der Waals surface area (Å²) < 4.78 is 0. The van der Waals surface area contributed by atoms with Gasteiger partial charge < -0.3 is 10.4 Å². The predicted octanol–water partition coefficient (Wildman–Crippen LogP) is 4.95. The third-order valence-corrected chi connectivity index (χ3v) is 5.42. The molecule has 3 rings (SSSR count). The standard InChI is InChI=1S/C20H23N3O2S/c1-5-6-16(20(24)25)23-18-17-15(10-26-19(17)22-13(4)21-18)14-8-7-11(2)12(3)9-14/h7-10,16H,5-6H2,1-4H3,(H,24,25)(H,21,22,23). The van der Waals surface area contributed by atoms with E-state index in [4.69, 9.17) is 0 Å². The number of fused-ring (bicyclic) bond motifs is 1. The van der Waals surface area contributed by atoms with Crippen LogP contribution in [0.25, 0.3) is 21.3 Å². The highest BCUT2D eigenvalue weighted by Gasteiger charge is 2.21. The number of nitrogens with one attached hydrogen (secondary N) is 1. The predicted molar refractivity (Wildman–Crippen MR) is 107 cm³/mol. The molecule has 0 bridgehead atoms. The van der Waals surface area contributed by atoms with Crippen LogP contribution in [0.15, 0.2) is 23.6 Å². The van der Waals surface area contributed by atoms with E-state index < -0.39 is 12.0 Å². The number of anilines is 1. The Kier molecular flexibility index (Phi) is 5.23. The summed E-state index contributed by atoms with van der Waals surface area (Å²) in [6.07, 6.45) is 1.33. The molecule has 2 heterocycles. The van der Waals surface area contributed by atoms with Crippen LogP contribution in [0.5, 0.6) is 0 Å². The van der Waals surface area contributed by atoms with Gasteiger partial charge in [0.25, 0.3) is 0 Å². The van der Waals surface area contributed by atoms with Gasteiger partial charge in [-0.15, -0.1) is 11.3 Å².